The van der Waals surface area contributed by atoms with Gasteiger partial charge in [0, 0.05) is 0 Å². The Hall–Kier alpha value is -0.560. The van der Waals surface area contributed by atoms with Crippen molar-refractivity contribution in [2.75, 3.05) is 17.3 Å². The first kappa shape index (κ1) is 10.9. The zero-order valence-corrected chi connectivity index (χ0v) is 9.97. The minimum absolute atomic E-state index is 0.103. The van der Waals surface area contributed by atoms with Crippen LogP contribution in [0.2, 0.25) is 0 Å². The van der Waals surface area contributed by atoms with Crippen LogP contribution in [-0.4, -0.2) is 35.9 Å². The second-order valence-corrected chi connectivity index (χ2v) is 6.88. The van der Waals surface area contributed by atoms with E-state index < -0.39 is 9.84 Å². The zero-order chi connectivity index (χ0) is 10.9. The van der Waals surface area contributed by atoms with Crippen molar-refractivity contribution >= 4 is 21.6 Å². The molecule has 1 atom stereocenters. The summed E-state index contributed by atoms with van der Waals surface area (Å²) in [6, 6.07) is 0. The Labute approximate surface area is 92.6 Å². The second-order valence-electron chi connectivity index (χ2n) is 3.44. The summed E-state index contributed by atoms with van der Waals surface area (Å²) >= 11 is 1.47. The lowest BCUT2D eigenvalue weighted by atomic mass is 10.1. The Bertz CT molecular complexity index is 440. The maximum atomic E-state index is 11.3. The van der Waals surface area contributed by atoms with Crippen molar-refractivity contribution in [3.8, 4) is 0 Å². The molecule has 0 aromatic carbocycles. The predicted octanol–water partition coefficient (Wildman–Crippen LogP) is 1.08. The monoisotopic (exact) mass is 248 g/mol. The third-order valence-electron chi connectivity index (χ3n) is 2.27. The van der Waals surface area contributed by atoms with Crippen molar-refractivity contribution in [3.63, 3.8) is 0 Å². The molecule has 0 radical (unpaired) electrons. The molecular formula is C8H12N2O3S2. The van der Waals surface area contributed by atoms with Crippen molar-refractivity contribution < 1.29 is 12.8 Å². The second kappa shape index (κ2) is 4.13. The van der Waals surface area contributed by atoms with E-state index in [1.807, 2.05) is 6.92 Å². The lowest BCUT2D eigenvalue weighted by molar-refractivity contribution is 0.393. The van der Waals surface area contributed by atoms with E-state index >= 15 is 0 Å². The summed E-state index contributed by atoms with van der Waals surface area (Å²) in [5.74, 6) is 1.60. The molecule has 0 saturated carbocycles. The van der Waals surface area contributed by atoms with E-state index in [1.54, 1.807) is 0 Å². The quantitative estimate of drug-likeness (QED) is 0.745. The number of aromatic nitrogens is 2. The van der Waals surface area contributed by atoms with Crippen LogP contribution >= 0.6 is 11.8 Å². The molecule has 0 amide bonds. The molecule has 0 aliphatic carbocycles. The first-order valence-corrected chi connectivity index (χ1v) is 7.58. The molecular weight excluding hydrogens is 236 g/mol. The first-order chi connectivity index (χ1) is 7.11. The van der Waals surface area contributed by atoms with Gasteiger partial charge in [0.1, 0.15) is 0 Å². The van der Waals surface area contributed by atoms with Gasteiger partial charge in [0.2, 0.25) is 5.89 Å². The number of sulfone groups is 1. The number of nitrogens with zero attached hydrogens (tertiary/aromatic N) is 2. The molecule has 84 valence electrons. The number of thioether (sulfide) groups is 1. The minimum Gasteiger partial charge on any atom is -0.416 e. The molecule has 1 saturated heterocycles. The van der Waals surface area contributed by atoms with Crippen LogP contribution in [0.25, 0.3) is 0 Å². The van der Waals surface area contributed by atoms with Crippen LogP contribution in [-0.2, 0) is 9.84 Å². The highest BCUT2D eigenvalue weighted by molar-refractivity contribution is 7.99. The van der Waals surface area contributed by atoms with Crippen molar-refractivity contribution in [2.45, 2.75) is 24.5 Å². The molecule has 2 heterocycles. The van der Waals surface area contributed by atoms with E-state index in [9.17, 15) is 8.42 Å². The zero-order valence-electron chi connectivity index (χ0n) is 8.34. The van der Waals surface area contributed by atoms with E-state index in [0.717, 1.165) is 5.75 Å². The Kier molecular flexibility index (Phi) is 3.01. The van der Waals surface area contributed by atoms with Crippen LogP contribution in [0.1, 0.15) is 25.2 Å². The number of hydrogen-bond donors (Lipinski definition) is 0. The molecule has 0 bridgehead atoms. The third kappa shape index (κ3) is 2.52. The molecule has 1 aromatic heterocycles. The lowest BCUT2D eigenvalue weighted by Gasteiger charge is -1.98. The van der Waals surface area contributed by atoms with Gasteiger partial charge in [-0.1, -0.05) is 18.7 Å². The summed E-state index contributed by atoms with van der Waals surface area (Å²) < 4.78 is 27.9. The maximum absolute atomic E-state index is 11.3. The van der Waals surface area contributed by atoms with Gasteiger partial charge in [-0.25, -0.2) is 8.42 Å². The average molecular weight is 248 g/mol. The van der Waals surface area contributed by atoms with Gasteiger partial charge in [-0.05, 0) is 12.2 Å². The Morgan fingerprint density at radius 1 is 1.53 bits per heavy atom. The van der Waals surface area contributed by atoms with Crippen molar-refractivity contribution in [3.05, 3.63) is 5.89 Å². The molecule has 2 rings (SSSR count). The van der Waals surface area contributed by atoms with Gasteiger partial charge in [-0.15, -0.1) is 10.2 Å². The molecule has 7 heteroatoms. The summed E-state index contributed by atoms with van der Waals surface area (Å²) in [7, 11) is -2.88. The smallest absolute Gasteiger partial charge is 0.276 e. The van der Waals surface area contributed by atoms with E-state index in [2.05, 4.69) is 10.2 Å². The molecule has 1 aliphatic rings. The van der Waals surface area contributed by atoms with E-state index in [0.29, 0.717) is 17.5 Å². The fourth-order valence-electron chi connectivity index (χ4n) is 1.56. The Morgan fingerprint density at radius 2 is 2.33 bits per heavy atom. The topological polar surface area (TPSA) is 73.1 Å². The van der Waals surface area contributed by atoms with Gasteiger partial charge < -0.3 is 4.42 Å². The highest BCUT2D eigenvalue weighted by Gasteiger charge is 2.32. The molecule has 1 fully saturated rings. The number of rotatable bonds is 3. The first-order valence-electron chi connectivity index (χ1n) is 4.77. The van der Waals surface area contributed by atoms with Crippen molar-refractivity contribution in [1.29, 1.82) is 0 Å². The molecule has 1 aromatic rings. The highest BCUT2D eigenvalue weighted by atomic mass is 32.2. The van der Waals surface area contributed by atoms with Crippen LogP contribution in [0, 0.1) is 0 Å². The van der Waals surface area contributed by atoms with Crippen LogP contribution in [0.15, 0.2) is 9.64 Å². The largest absolute Gasteiger partial charge is 0.416 e. The molecule has 1 aliphatic heterocycles. The van der Waals surface area contributed by atoms with Crippen molar-refractivity contribution in [2.24, 2.45) is 0 Å². The van der Waals surface area contributed by atoms with E-state index in [1.165, 1.54) is 11.8 Å². The summed E-state index contributed by atoms with van der Waals surface area (Å²) in [5, 5.41) is 8.25. The average Bonchev–Trinajstić information content (AvgIpc) is 2.73. The van der Waals surface area contributed by atoms with Crippen LogP contribution in [0.3, 0.4) is 0 Å². The SMILES string of the molecule is CCSc1nnc(C2CCS(=O)(=O)C2)o1. The highest BCUT2D eigenvalue weighted by Crippen LogP contribution is 2.29. The fourth-order valence-corrected chi connectivity index (χ4v) is 3.78. The Morgan fingerprint density at radius 3 is 2.93 bits per heavy atom. The van der Waals surface area contributed by atoms with Gasteiger partial charge in [0.25, 0.3) is 5.22 Å². The fraction of sp³-hybridized carbons (Fsp3) is 0.750. The van der Waals surface area contributed by atoms with Gasteiger partial charge in [-0.3, -0.25) is 0 Å². The summed E-state index contributed by atoms with van der Waals surface area (Å²) in [6.07, 6.45) is 0.598. The molecule has 1 unspecified atom stereocenters. The summed E-state index contributed by atoms with van der Waals surface area (Å²) in [6.45, 7) is 1.99. The van der Waals surface area contributed by atoms with Crippen LogP contribution in [0.4, 0.5) is 0 Å². The van der Waals surface area contributed by atoms with Gasteiger partial charge in [-0.2, -0.15) is 0 Å². The van der Waals surface area contributed by atoms with E-state index in [-0.39, 0.29) is 17.4 Å². The number of hydrogen-bond acceptors (Lipinski definition) is 6. The normalized spacial score (nSPS) is 24.5. The van der Waals surface area contributed by atoms with Gasteiger partial charge in [0.15, 0.2) is 9.84 Å². The standard InChI is InChI=1S/C8H12N2O3S2/c1-2-14-8-10-9-7(13-8)6-3-4-15(11,12)5-6/h6H,2-5H2,1H3. The summed E-state index contributed by atoms with van der Waals surface area (Å²) in [4.78, 5) is 0. The van der Waals surface area contributed by atoms with E-state index in [4.69, 9.17) is 4.42 Å². The van der Waals surface area contributed by atoms with Gasteiger partial charge >= 0.3 is 0 Å². The Balaban J connectivity index is 2.10. The molecule has 0 N–H and O–H groups in total. The third-order valence-corrected chi connectivity index (χ3v) is 4.74. The molecule has 5 nitrogen and oxygen atoms in total. The lowest BCUT2D eigenvalue weighted by Crippen LogP contribution is -2.03. The van der Waals surface area contributed by atoms with Crippen molar-refractivity contribution in [1.82, 2.24) is 10.2 Å². The van der Waals surface area contributed by atoms with Crippen LogP contribution in [0.5, 0.6) is 0 Å². The molecule has 15 heavy (non-hydrogen) atoms. The minimum atomic E-state index is -2.88. The summed E-state index contributed by atoms with van der Waals surface area (Å²) in [5.41, 5.74) is 0. The molecule has 0 spiro atoms. The maximum Gasteiger partial charge on any atom is 0.276 e. The predicted molar refractivity (Wildman–Crippen MR) is 56.7 cm³/mol. The van der Waals surface area contributed by atoms with Gasteiger partial charge in [0.05, 0.1) is 17.4 Å². The van der Waals surface area contributed by atoms with Crippen LogP contribution < -0.4 is 0 Å².